The average Bonchev–Trinajstić information content (AvgIpc) is 3.10. The summed E-state index contributed by atoms with van der Waals surface area (Å²) in [5, 5.41) is 8.16. The molecule has 10 heteroatoms. The molecule has 1 aliphatic heterocycles. The lowest BCUT2D eigenvalue weighted by Gasteiger charge is -2.36. The highest BCUT2D eigenvalue weighted by Crippen LogP contribution is 2.28. The summed E-state index contributed by atoms with van der Waals surface area (Å²) in [7, 11) is 0. The van der Waals surface area contributed by atoms with E-state index in [-0.39, 0.29) is 18.4 Å². The highest BCUT2D eigenvalue weighted by atomic mass is 35.5. The van der Waals surface area contributed by atoms with E-state index >= 15 is 0 Å². The molecule has 1 aromatic carbocycles. The summed E-state index contributed by atoms with van der Waals surface area (Å²) in [6.07, 6.45) is 1.55. The van der Waals surface area contributed by atoms with Crippen molar-refractivity contribution in [3.05, 3.63) is 69.6 Å². The molecule has 0 aliphatic carbocycles. The molecule has 8 nitrogen and oxygen atoms in total. The molecule has 1 saturated heterocycles. The van der Waals surface area contributed by atoms with Crippen molar-refractivity contribution in [1.29, 1.82) is 0 Å². The number of nitrogens with one attached hydrogen (secondary N) is 1. The maximum Gasteiger partial charge on any atom is 0.255 e. The summed E-state index contributed by atoms with van der Waals surface area (Å²) in [6, 6.07) is 10.3. The predicted octanol–water partition coefficient (Wildman–Crippen LogP) is 3.80. The molecule has 1 aliphatic rings. The number of carbonyl (C=O) groups excluding carboxylic acids is 2. The summed E-state index contributed by atoms with van der Waals surface area (Å²) >= 11 is 12.2. The molecule has 0 atom stereocenters. The highest BCUT2D eigenvalue weighted by molar-refractivity contribution is 6.31. The fourth-order valence-corrected chi connectivity index (χ4v) is 4.18. The van der Waals surface area contributed by atoms with Crippen molar-refractivity contribution < 1.29 is 9.59 Å². The van der Waals surface area contributed by atoms with Gasteiger partial charge in [0.25, 0.3) is 5.91 Å². The van der Waals surface area contributed by atoms with Crippen LogP contribution in [0.1, 0.15) is 21.7 Å². The lowest BCUT2D eigenvalue weighted by atomic mass is 10.2. The quantitative estimate of drug-likeness (QED) is 0.592. The summed E-state index contributed by atoms with van der Waals surface area (Å²) in [4.78, 5) is 33.8. The van der Waals surface area contributed by atoms with Crippen molar-refractivity contribution in [2.24, 2.45) is 0 Å². The molecule has 0 unspecified atom stereocenters. The van der Waals surface area contributed by atoms with Crippen LogP contribution in [-0.2, 0) is 11.3 Å². The Balaban J connectivity index is 1.43. The van der Waals surface area contributed by atoms with E-state index in [2.05, 4.69) is 15.4 Å². The first-order valence-corrected chi connectivity index (χ1v) is 11.3. The van der Waals surface area contributed by atoms with Gasteiger partial charge in [-0.3, -0.25) is 14.3 Å². The summed E-state index contributed by atoms with van der Waals surface area (Å²) in [6.45, 7) is 6.33. The van der Waals surface area contributed by atoms with E-state index in [1.54, 1.807) is 41.2 Å². The van der Waals surface area contributed by atoms with Gasteiger partial charge in [0.05, 0.1) is 16.4 Å². The maximum absolute atomic E-state index is 12.8. The van der Waals surface area contributed by atoms with E-state index in [9.17, 15) is 9.59 Å². The third kappa shape index (κ3) is 5.46. The molecule has 1 fully saturated rings. The average molecular weight is 487 g/mol. The first-order valence-electron chi connectivity index (χ1n) is 10.6. The number of benzene rings is 1. The minimum atomic E-state index is -0.304. The van der Waals surface area contributed by atoms with Crippen molar-refractivity contribution in [2.75, 3.05) is 36.4 Å². The minimum Gasteiger partial charge on any atom is -0.351 e. The van der Waals surface area contributed by atoms with Gasteiger partial charge in [0.15, 0.2) is 5.82 Å². The fraction of sp³-hybridized carbons (Fsp3) is 0.304. The Morgan fingerprint density at radius 2 is 1.79 bits per heavy atom. The van der Waals surface area contributed by atoms with Crippen LogP contribution in [-0.4, -0.2) is 57.7 Å². The first kappa shape index (κ1) is 23.1. The van der Waals surface area contributed by atoms with Crippen LogP contribution in [0.25, 0.3) is 0 Å². The Morgan fingerprint density at radius 1 is 1.03 bits per heavy atom. The molecule has 3 aromatic rings. The summed E-state index contributed by atoms with van der Waals surface area (Å²) in [5.74, 6) is 0.335. The van der Waals surface area contributed by atoms with Crippen molar-refractivity contribution in [1.82, 2.24) is 19.7 Å². The van der Waals surface area contributed by atoms with E-state index in [0.717, 1.165) is 11.4 Å². The molecular weight excluding hydrogens is 463 g/mol. The standard InChI is InChI=1S/C23H24Cl2N6O2/c1-15-10-16(2)31(28-15)14-21(32)29-6-8-30(9-7-29)22-20(12-19(25)13-26-22)27-23(33)17-4-3-5-18(24)11-17/h3-5,10-13H,6-9,14H2,1-2H3,(H,27,33). The number of anilines is 2. The largest absolute Gasteiger partial charge is 0.351 e. The van der Waals surface area contributed by atoms with Gasteiger partial charge in [-0.2, -0.15) is 5.10 Å². The second-order valence-electron chi connectivity index (χ2n) is 7.94. The van der Waals surface area contributed by atoms with Gasteiger partial charge in [-0.05, 0) is 44.2 Å². The summed E-state index contributed by atoms with van der Waals surface area (Å²) in [5.41, 5.74) is 2.80. The van der Waals surface area contributed by atoms with Crippen molar-refractivity contribution in [2.45, 2.75) is 20.4 Å². The van der Waals surface area contributed by atoms with Gasteiger partial charge in [0, 0.05) is 48.7 Å². The minimum absolute atomic E-state index is 0.0272. The number of hydrogen-bond acceptors (Lipinski definition) is 5. The Hall–Kier alpha value is -3.10. The monoisotopic (exact) mass is 486 g/mol. The van der Waals surface area contributed by atoms with Gasteiger partial charge in [0.1, 0.15) is 6.54 Å². The lowest BCUT2D eigenvalue weighted by Crippen LogP contribution is -2.50. The van der Waals surface area contributed by atoms with Crippen molar-refractivity contribution in [3.63, 3.8) is 0 Å². The number of amides is 2. The topological polar surface area (TPSA) is 83.4 Å². The number of aryl methyl sites for hydroxylation is 2. The van der Waals surface area contributed by atoms with E-state index in [4.69, 9.17) is 23.2 Å². The van der Waals surface area contributed by atoms with E-state index in [1.165, 1.54) is 0 Å². The van der Waals surface area contributed by atoms with Gasteiger partial charge in [-0.1, -0.05) is 29.3 Å². The second kappa shape index (κ2) is 9.80. The summed E-state index contributed by atoms with van der Waals surface area (Å²) < 4.78 is 1.73. The number of piperazine rings is 1. The SMILES string of the molecule is Cc1cc(C)n(CC(=O)N2CCN(c3ncc(Cl)cc3NC(=O)c3cccc(Cl)c3)CC2)n1. The van der Waals surface area contributed by atoms with Crippen LogP contribution in [0.2, 0.25) is 10.0 Å². The van der Waals surface area contributed by atoms with Crippen LogP contribution in [0, 0.1) is 13.8 Å². The lowest BCUT2D eigenvalue weighted by molar-refractivity contribution is -0.132. The van der Waals surface area contributed by atoms with Gasteiger partial charge < -0.3 is 15.1 Å². The molecule has 2 amide bonds. The molecule has 172 valence electrons. The zero-order valence-electron chi connectivity index (χ0n) is 18.4. The Kier molecular flexibility index (Phi) is 6.85. The molecule has 1 N–H and O–H groups in total. The number of pyridine rings is 1. The van der Waals surface area contributed by atoms with E-state index in [1.807, 2.05) is 29.7 Å². The zero-order chi connectivity index (χ0) is 23.5. The normalized spacial score (nSPS) is 13.8. The van der Waals surface area contributed by atoms with Crippen molar-refractivity contribution in [3.8, 4) is 0 Å². The van der Waals surface area contributed by atoms with Crippen molar-refractivity contribution >= 4 is 46.5 Å². The van der Waals surface area contributed by atoms with Crippen LogP contribution in [0.15, 0.2) is 42.6 Å². The second-order valence-corrected chi connectivity index (χ2v) is 8.81. The molecule has 0 bridgehead atoms. The highest BCUT2D eigenvalue weighted by Gasteiger charge is 2.25. The van der Waals surface area contributed by atoms with Crippen LogP contribution < -0.4 is 10.2 Å². The molecule has 3 heterocycles. The fourth-order valence-electron chi connectivity index (χ4n) is 3.83. The van der Waals surface area contributed by atoms with Gasteiger partial charge in [-0.15, -0.1) is 0 Å². The van der Waals surface area contributed by atoms with Gasteiger partial charge in [-0.25, -0.2) is 4.98 Å². The predicted molar refractivity (Wildman–Crippen MR) is 129 cm³/mol. The number of carbonyl (C=O) groups is 2. The molecule has 0 saturated carbocycles. The molecule has 4 rings (SSSR count). The van der Waals surface area contributed by atoms with Crippen LogP contribution in [0.4, 0.5) is 11.5 Å². The Bertz CT molecular complexity index is 1190. The number of nitrogens with zero attached hydrogens (tertiary/aromatic N) is 5. The maximum atomic E-state index is 12.8. The van der Waals surface area contributed by atoms with Crippen LogP contribution in [0.5, 0.6) is 0 Å². The molecule has 0 spiro atoms. The zero-order valence-corrected chi connectivity index (χ0v) is 19.9. The molecular formula is C23H24Cl2N6O2. The Morgan fingerprint density at radius 3 is 2.45 bits per heavy atom. The smallest absolute Gasteiger partial charge is 0.255 e. The van der Waals surface area contributed by atoms with Gasteiger partial charge >= 0.3 is 0 Å². The van der Waals surface area contributed by atoms with Gasteiger partial charge in [0.2, 0.25) is 5.91 Å². The molecule has 2 aromatic heterocycles. The number of aromatic nitrogens is 3. The Labute approximate surface area is 202 Å². The molecule has 33 heavy (non-hydrogen) atoms. The van der Waals surface area contributed by atoms with Crippen LogP contribution in [0.3, 0.4) is 0 Å². The number of halogens is 2. The van der Waals surface area contributed by atoms with E-state index in [0.29, 0.717) is 53.3 Å². The number of rotatable bonds is 5. The number of hydrogen-bond donors (Lipinski definition) is 1. The van der Waals surface area contributed by atoms with Crippen LogP contribution >= 0.6 is 23.2 Å². The third-order valence-electron chi connectivity index (χ3n) is 5.49. The third-order valence-corrected chi connectivity index (χ3v) is 5.93. The first-order chi connectivity index (χ1) is 15.8. The van der Waals surface area contributed by atoms with E-state index < -0.39 is 0 Å². The molecule has 0 radical (unpaired) electrons.